The summed E-state index contributed by atoms with van der Waals surface area (Å²) in [5.41, 5.74) is -0.0253. The molecule has 8 nitrogen and oxygen atoms in total. The Balaban J connectivity index is 1.78. The highest BCUT2D eigenvalue weighted by molar-refractivity contribution is 7.99. The molecule has 0 saturated heterocycles. The van der Waals surface area contributed by atoms with Crippen molar-refractivity contribution in [3.63, 3.8) is 0 Å². The number of nitrogens with one attached hydrogen (secondary N) is 1. The van der Waals surface area contributed by atoms with Crippen LogP contribution in [0.1, 0.15) is 10.4 Å². The SMILES string of the molecule is O=C(O)CNC(=O)c1c(O)cc(Sc2ccc(Cl)c3ccccc23)n2ncnc12. The van der Waals surface area contributed by atoms with Gasteiger partial charge in [-0.2, -0.15) is 5.10 Å². The second-order valence-corrected chi connectivity index (χ2v) is 7.48. The minimum absolute atomic E-state index is 0.119. The van der Waals surface area contributed by atoms with E-state index in [1.165, 1.54) is 28.7 Å². The Bertz CT molecular complexity index is 1270. The molecule has 0 saturated carbocycles. The lowest BCUT2D eigenvalue weighted by Gasteiger charge is -2.12. The van der Waals surface area contributed by atoms with Gasteiger partial charge in [0.05, 0.1) is 0 Å². The van der Waals surface area contributed by atoms with Gasteiger partial charge in [0, 0.05) is 21.4 Å². The topological polar surface area (TPSA) is 117 Å². The van der Waals surface area contributed by atoms with Gasteiger partial charge in [0.25, 0.3) is 5.91 Å². The molecule has 146 valence electrons. The Kier molecular flexibility index (Phi) is 4.99. The van der Waals surface area contributed by atoms with Gasteiger partial charge in [-0.25, -0.2) is 9.50 Å². The van der Waals surface area contributed by atoms with Gasteiger partial charge in [0.2, 0.25) is 0 Å². The van der Waals surface area contributed by atoms with Crippen LogP contribution < -0.4 is 5.32 Å². The number of rotatable bonds is 5. The number of aromatic hydroxyl groups is 1. The minimum atomic E-state index is -1.20. The molecule has 2 heterocycles. The summed E-state index contributed by atoms with van der Waals surface area (Å²) < 4.78 is 1.42. The van der Waals surface area contributed by atoms with E-state index in [1.807, 2.05) is 30.3 Å². The number of pyridine rings is 1. The Morgan fingerprint density at radius 3 is 2.69 bits per heavy atom. The van der Waals surface area contributed by atoms with E-state index in [1.54, 1.807) is 6.07 Å². The Morgan fingerprint density at radius 2 is 1.93 bits per heavy atom. The molecule has 0 bridgehead atoms. The molecule has 2 aromatic carbocycles. The molecule has 0 unspecified atom stereocenters. The summed E-state index contributed by atoms with van der Waals surface area (Å²) in [6.45, 7) is -0.578. The summed E-state index contributed by atoms with van der Waals surface area (Å²) in [7, 11) is 0. The Labute approximate surface area is 173 Å². The minimum Gasteiger partial charge on any atom is -0.507 e. The number of benzene rings is 2. The van der Waals surface area contributed by atoms with Crippen molar-refractivity contribution in [2.45, 2.75) is 9.92 Å². The van der Waals surface area contributed by atoms with Crippen LogP contribution in [-0.2, 0) is 4.79 Å². The van der Waals surface area contributed by atoms with E-state index in [2.05, 4.69) is 15.4 Å². The van der Waals surface area contributed by atoms with Crippen LogP contribution in [0.4, 0.5) is 0 Å². The third-order valence-corrected chi connectivity index (χ3v) is 5.57. The first-order valence-corrected chi connectivity index (χ1v) is 9.56. The van der Waals surface area contributed by atoms with Crippen LogP contribution in [0.3, 0.4) is 0 Å². The normalized spacial score (nSPS) is 11.1. The van der Waals surface area contributed by atoms with Crippen LogP contribution in [0, 0.1) is 0 Å². The predicted octanol–water partition coefficient (Wildman–Crippen LogP) is 3.21. The number of fused-ring (bicyclic) bond motifs is 2. The Morgan fingerprint density at radius 1 is 1.17 bits per heavy atom. The fourth-order valence-electron chi connectivity index (χ4n) is 2.91. The average Bonchev–Trinajstić information content (AvgIpc) is 3.18. The van der Waals surface area contributed by atoms with Gasteiger partial charge in [-0.3, -0.25) is 9.59 Å². The molecule has 0 radical (unpaired) electrons. The van der Waals surface area contributed by atoms with Crippen molar-refractivity contribution < 1.29 is 19.8 Å². The smallest absolute Gasteiger partial charge is 0.322 e. The fourth-order valence-corrected chi connectivity index (χ4v) is 4.18. The van der Waals surface area contributed by atoms with E-state index in [0.717, 1.165) is 15.7 Å². The van der Waals surface area contributed by atoms with Crippen molar-refractivity contribution in [1.29, 1.82) is 0 Å². The van der Waals surface area contributed by atoms with E-state index in [0.29, 0.717) is 10.0 Å². The molecule has 0 aliphatic rings. The standard InChI is InChI=1S/C19H13ClN4O4S/c20-12-5-6-14(11-4-2-1-3-10(11)12)29-15-7-13(25)17(18-22-9-23-24(15)18)19(28)21-8-16(26)27/h1-7,9,25H,8H2,(H,21,28)(H,26,27). The number of carbonyl (C=O) groups is 2. The molecule has 0 fully saturated rings. The maximum Gasteiger partial charge on any atom is 0.322 e. The number of carbonyl (C=O) groups excluding carboxylic acids is 1. The maximum absolute atomic E-state index is 12.3. The fraction of sp³-hybridized carbons (Fsp3) is 0.0526. The first kappa shape index (κ1) is 19.0. The first-order valence-electron chi connectivity index (χ1n) is 8.36. The highest BCUT2D eigenvalue weighted by Crippen LogP contribution is 2.38. The number of nitrogens with zero attached hydrogens (tertiary/aromatic N) is 3. The van der Waals surface area contributed by atoms with Gasteiger partial charge in [-0.1, -0.05) is 47.6 Å². The van der Waals surface area contributed by atoms with Crippen LogP contribution in [0.25, 0.3) is 16.4 Å². The molecular formula is C19H13ClN4O4S. The molecule has 10 heteroatoms. The number of amides is 1. The van der Waals surface area contributed by atoms with Crippen molar-refractivity contribution in [2.75, 3.05) is 6.54 Å². The van der Waals surface area contributed by atoms with Crippen molar-refractivity contribution >= 4 is 51.7 Å². The lowest BCUT2D eigenvalue weighted by Crippen LogP contribution is -2.29. The number of carboxylic acids is 1. The molecule has 0 aliphatic heterocycles. The summed E-state index contributed by atoms with van der Waals surface area (Å²) in [5, 5.41) is 28.5. The zero-order chi connectivity index (χ0) is 20.5. The molecule has 29 heavy (non-hydrogen) atoms. The third-order valence-electron chi connectivity index (χ3n) is 4.17. The molecule has 3 N–H and O–H groups in total. The van der Waals surface area contributed by atoms with Gasteiger partial charge >= 0.3 is 5.97 Å². The van der Waals surface area contributed by atoms with Crippen molar-refractivity contribution in [2.24, 2.45) is 0 Å². The lowest BCUT2D eigenvalue weighted by atomic mass is 10.1. The van der Waals surface area contributed by atoms with Crippen molar-refractivity contribution in [3.05, 3.63) is 59.4 Å². The van der Waals surface area contributed by atoms with Crippen LogP contribution in [0.2, 0.25) is 5.02 Å². The summed E-state index contributed by atoms with van der Waals surface area (Å²) in [4.78, 5) is 28.0. The second kappa shape index (κ2) is 7.61. The number of aliphatic carboxylic acids is 1. The summed E-state index contributed by atoms with van der Waals surface area (Å²) >= 11 is 7.61. The lowest BCUT2D eigenvalue weighted by molar-refractivity contribution is -0.135. The van der Waals surface area contributed by atoms with E-state index >= 15 is 0 Å². The van der Waals surface area contributed by atoms with Crippen molar-refractivity contribution in [3.8, 4) is 5.75 Å². The van der Waals surface area contributed by atoms with E-state index in [4.69, 9.17) is 16.7 Å². The summed E-state index contributed by atoms with van der Waals surface area (Å²) in [5.74, 6) is -2.28. The summed E-state index contributed by atoms with van der Waals surface area (Å²) in [6, 6.07) is 12.7. The van der Waals surface area contributed by atoms with Crippen LogP contribution in [0.15, 0.2) is 58.7 Å². The largest absolute Gasteiger partial charge is 0.507 e. The van der Waals surface area contributed by atoms with Crippen LogP contribution >= 0.6 is 23.4 Å². The average molecular weight is 429 g/mol. The molecule has 0 atom stereocenters. The Hall–Kier alpha value is -3.30. The monoisotopic (exact) mass is 428 g/mol. The molecule has 0 aliphatic carbocycles. The highest BCUT2D eigenvalue weighted by Gasteiger charge is 2.21. The van der Waals surface area contributed by atoms with Gasteiger partial charge in [-0.05, 0) is 17.5 Å². The number of carboxylic acid groups (broad SMARTS) is 1. The van der Waals surface area contributed by atoms with Crippen LogP contribution in [0.5, 0.6) is 5.75 Å². The second-order valence-electron chi connectivity index (χ2n) is 6.01. The zero-order valence-electron chi connectivity index (χ0n) is 14.7. The maximum atomic E-state index is 12.3. The van der Waals surface area contributed by atoms with E-state index < -0.39 is 18.4 Å². The van der Waals surface area contributed by atoms with E-state index in [9.17, 15) is 14.7 Å². The first-order chi connectivity index (χ1) is 14.0. The van der Waals surface area contributed by atoms with Gasteiger partial charge in [0.1, 0.15) is 29.2 Å². The van der Waals surface area contributed by atoms with Gasteiger partial charge in [-0.15, -0.1) is 0 Å². The number of hydrogen-bond acceptors (Lipinski definition) is 6. The molecular weight excluding hydrogens is 416 g/mol. The van der Waals surface area contributed by atoms with Crippen molar-refractivity contribution in [1.82, 2.24) is 19.9 Å². The molecule has 4 aromatic rings. The predicted molar refractivity (Wildman–Crippen MR) is 108 cm³/mol. The molecule has 0 spiro atoms. The molecule has 2 aromatic heterocycles. The zero-order valence-corrected chi connectivity index (χ0v) is 16.2. The highest BCUT2D eigenvalue weighted by atomic mass is 35.5. The summed E-state index contributed by atoms with van der Waals surface area (Å²) in [6.07, 6.45) is 1.26. The van der Waals surface area contributed by atoms with Crippen LogP contribution in [-0.4, -0.2) is 43.2 Å². The third kappa shape index (κ3) is 3.57. The van der Waals surface area contributed by atoms with Gasteiger partial charge < -0.3 is 15.5 Å². The molecule has 1 amide bonds. The number of aromatic nitrogens is 3. The van der Waals surface area contributed by atoms with Gasteiger partial charge in [0.15, 0.2) is 5.65 Å². The quantitative estimate of drug-likeness (QED) is 0.446. The van der Waals surface area contributed by atoms with E-state index in [-0.39, 0.29) is 17.0 Å². The molecule has 4 rings (SSSR count). The number of hydrogen-bond donors (Lipinski definition) is 3. The number of halogens is 1.